The molecule has 2 aliphatic heterocycles. The summed E-state index contributed by atoms with van der Waals surface area (Å²) in [6.45, 7) is 6.23. The molecule has 0 aromatic heterocycles. The summed E-state index contributed by atoms with van der Waals surface area (Å²) >= 11 is 0. The monoisotopic (exact) mass is 346 g/mol. The maximum Gasteiger partial charge on any atom is 0.323 e. The van der Waals surface area contributed by atoms with Crippen molar-refractivity contribution in [1.82, 2.24) is 9.80 Å². The predicted octanol–water partition coefficient (Wildman–Crippen LogP) is -0.205. The lowest BCUT2D eigenvalue weighted by atomic mass is 10.2. The molecule has 2 N–H and O–H groups in total. The summed E-state index contributed by atoms with van der Waals surface area (Å²) < 4.78 is 10.5. The van der Waals surface area contributed by atoms with Gasteiger partial charge in [-0.15, -0.1) is 0 Å². The summed E-state index contributed by atoms with van der Waals surface area (Å²) in [4.78, 5) is 25.5. The second-order valence-electron chi connectivity index (χ2n) is 6.20. The first-order valence-corrected chi connectivity index (χ1v) is 8.39. The van der Waals surface area contributed by atoms with E-state index < -0.39 is 18.1 Å². The van der Waals surface area contributed by atoms with E-state index in [2.05, 4.69) is 0 Å². The fourth-order valence-electron chi connectivity index (χ4n) is 3.08. The molecule has 0 saturated carbocycles. The highest BCUT2D eigenvalue weighted by Crippen LogP contribution is 2.19. The lowest BCUT2D eigenvalue weighted by Crippen LogP contribution is -2.34. The molecule has 0 aliphatic carbocycles. The lowest BCUT2D eigenvalue weighted by Gasteiger charge is -2.16. The van der Waals surface area contributed by atoms with Crippen LogP contribution in [0.25, 0.3) is 0 Å². The number of carboxylic acids is 1. The fraction of sp³-hybridized carbons (Fsp3) is 0.875. The number of aliphatic hydroxyl groups excluding tert-OH is 1. The van der Waals surface area contributed by atoms with E-state index in [1.54, 1.807) is 11.9 Å². The van der Waals surface area contributed by atoms with Crippen LogP contribution in [0.15, 0.2) is 0 Å². The standard InChI is InChI=1S/C10H19NO3.C6H11NO3/c1-4-13-8-6-9(11(3)7-8)10(12)14-5-2;1-7-3-4(8)2-5(7)6(9)10/h8-9H,4-7H2,1-3H3;4-5,8H,2-3H2,1H3,(H,9,10)/t8-,9-;4-,5-/m11/s1. The maximum absolute atomic E-state index is 11.5. The van der Waals surface area contributed by atoms with Gasteiger partial charge in [0.05, 0.1) is 18.8 Å². The van der Waals surface area contributed by atoms with E-state index in [9.17, 15) is 9.59 Å². The summed E-state index contributed by atoms with van der Waals surface area (Å²) in [5.41, 5.74) is 0. The van der Waals surface area contributed by atoms with Crippen molar-refractivity contribution in [3.8, 4) is 0 Å². The topological polar surface area (TPSA) is 99.5 Å². The van der Waals surface area contributed by atoms with Gasteiger partial charge >= 0.3 is 11.9 Å². The minimum absolute atomic E-state index is 0.119. The summed E-state index contributed by atoms with van der Waals surface area (Å²) in [5.74, 6) is -0.976. The zero-order chi connectivity index (χ0) is 18.3. The molecule has 8 nitrogen and oxygen atoms in total. The molecule has 0 unspecified atom stereocenters. The molecule has 2 aliphatic rings. The molecule has 0 aromatic carbocycles. The van der Waals surface area contributed by atoms with Gasteiger partial charge in [0, 0.05) is 32.5 Å². The molecule has 0 spiro atoms. The zero-order valence-corrected chi connectivity index (χ0v) is 15.0. The number of esters is 1. The number of hydrogen-bond acceptors (Lipinski definition) is 7. The van der Waals surface area contributed by atoms with Crippen LogP contribution in [0.2, 0.25) is 0 Å². The Balaban J connectivity index is 0.000000254. The first-order valence-electron chi connectivity index (χ1n) is 8.39. The highest BCUT2D eigenvalue weighted by atomic mass is 16.5. The van der Waals surface area contributed by atoms with Crippen LogP contribution in [-0.4, -0.2) is 96.6 Å². The summed E-state index contributed by atoms with van der Waals surface area (Å²) in [5, 5.41) is 17.6. The molecule has 140 valence electrons. The van der Waals surface area contributed by atoms with Crippen LogP contribution >= 0.6 is 0 Å². The molecule has 2 saturated heterocycles. The Labute approximate surface area is 143 Å². The smallest absolute Gasteiger partial charge is 0.323 e. The van der Waals surface area contributed by atoms with E-state index in [0.29, 0.717) is 26.2 Å². The number of nitrogens with zero attached hydrogens (tertiary/aromatic N) is 2. The lowest BCUT2D eigenvalue weighted by molar-refractivity contribution is -0.148. The highest BCUT2D eigenvalue weighted by Gasteiger charge is 2.35. The average Bonchev–Trinajstić information content (AvgIpc) is 3.02. The van der Waals surface area contributed by atoms with Gasteiger partial charge in [-0.25, -0.2) is 0 Å². The second kappa shape index (κ2) is 9.93. The quantitative estimate of drug-likeness (QED) is 0.660. The number of likely N-dealkylation sites (N-methyl/N-ethyl adjacent to an activating group) is 2. The second-order valence-corrected chi connectivity index (χ2v) is 6.20. The minimum Gasteiger partial charge on any atom is -0.480 e. The Morgan fingerprint density at radius 3 is 2.08 bits per heavy atom. The van der Waals surface area contributed by atoms with Crippen molar-refractivity contribution in [3.63, 3.8) is 0 Å². The number of ether oxygens (including phenoxy) is 2. The van der Waals surface area contributed by atoms with E-state index >= 15 is 0 Å². The van der Waals surface area contributed by atoms with E-state index in [0.717, 1.165) is 13.0 Å². The first kappa shape index (κ1) is 20.8. The number of rotatable bonds is 5. The number of aliphatic carboxylic acids is 1. The fourth-order valence-corrected chi connectivity index (χ4v) is 3.08. The normalized spacial score (nSPS) is 30.7. The Bertz CT molecular complexity index is 419. The Morgan fingerprint density at radius 1 is 1.04 bits per heavy atom. The van der Waals surface area contributed by atoms with E-state index in [-0.39, 0.29) is 18.1 Å². The van der Waals surface area contributed by atoms with Crippen LogP contribution in [0.1, 0.15) is 26.7 Å². The van der Waals surface area contributed by atoms with Gasteiger partial charge in [0.1, 0.15) is 12.1 Å². The van der Waals surface area contributed by atoms with Crippen molar-refractivity contribution in [3.05, 3.63) is 0 Å². The number of carboxylic acid groups (broad SMARTS) is 1. The van der Waals surface area contributed by atoms with Gasteiger partial charge in [0.2, 0.25) is 0 Å². The molecular weight excluding hydrogens is 316 g/mol. The Hall–Kier alpha value is -1.22. The zero-order valence-electron chi connectivity index (χ0n) is 15.0. The molecule has 4 atom stereocenters. The summed E-state index contributed by atoms with van der Waals surface area (Å²) in [6.07, 6.45) is 0.820. The van der Waals surface area contributed by atoms with Crippen molar-refractivity contribution >= 4 is 11.9 Å². The number of β-amino-alcohol motifs (C(OH)–C–C–N with tert-alkyl or cyclic N) is 1. The highest BCUT2D eigenvalue weighted by molar-refractivity contribution is 5.76. The van der Waals surface area contributed by atoms with Crippen LogP contribution in [-0.2, 0) is 19.1 Å². The Kier molecular flexibility index (Phi) is 8.61. The minimum atomic E-state index is -0.848. The van der Waals surface area contributed by atoms with E-state index in [4.69, 9.17) is 19.7 Å². The van der Waals surface area contributed by atoms with E-state index in [1.165, 1.54) is 0 Å². The van der Waals surface area contributed by atoms with Crippen LogP contribution in [0.3, 0.4) is 0 Å². The van der Waals surface area contributed by atoms with Gasteiger partial charge in [0.15, 0.2) is 0 Å². The van der Waals surface area contributed by atoms with Crippen LogP contribution < -0.4 is 0 Å². The number of likely N-dealkylation sites (tertiary alicyclic amines) is 2. The van der Waals surface area contributed by atoms with Gasteiger partial charge < -0.3 is 19.7 Å². The van der Waals surface area contributed by atoms with Gasteiger partial charge in [-0.3, -0.25) is 19.4 Å². The average molecular weight is 346 g/mol. The number of aliphatic hydroxyl groups is 1. The third-order valence-electron chi connectivity index (χ3n) is 4.28. The first-order chi connectivity index (χ1) is 11.3. The number of carbonyl (C=O) groups is 2. The molecule has 24 heavy (non-hydrogen) atoms. The van der Waals surface area contributed by atoms with Crippen molar-refractivity contribution in [2.75, 3.05) is 40.4 Å². The van der Waals surface area contributed by atoms with Gasteiger partial charge in [-0.2, -0.15) is 0 Å². The number of carbonyl (C=O) groups excluding carboxylic acids is 1. The molecule has 0 radical (unpaired) electrons. The molecule has 0 aromatic rings. The van der Waals surface area contributed by atoms with Crippen LogP contribution in [0.5, 0.6) is 0 Å². The van der Waals surface area contributed by atoms with Crippen molar-refractivity contribution in [2.45, 2.75) is 51.0 Å². The molecule has 2 heterocycles. The third-order valence-corrected chi connectivity index (χ3v) is 4.28. The van der Waals surface area contributed by atoms with Gasteiger partial charge in [0.25, 0.3) is 0 Å². The van der Waals surface area contributed by atoms with Crippen LogP contribution in [0.4, 0.5) is 0 Å². The largest absolute Gasteiger partial charge is 0.480 e. The molecular formula is C16H30N2O6. The van der Waals surface area contributed by atoms with E-state index in [1.807, 2.05) is 25.8 Å². The summed E-state index contributed by atoms with van der Waals surface area (Å²) in [6, 6.07) is -0.610. The van der Waals surface area contributed by atoms with Crippen molar-refractivity contribution in [2.24, 2.45) is 0 Å². The van der Waals surface area contributed by atoms with Gasteiger partial charge in [-0.1, -0.05) is 0 Å². The van der Waals surface area contributed by atoms with Crippen LogP contribution in [0, 0.1) is 0 Å². The van der Waals surface area contributed by atoms with Gasteiger partial charge in [-0.05, 0) is 27.9 Å². The maximum atomic E-state index is 11.5. The molecule has 0 bridgehead atoms. The SMILES string of the molecule is CCOC(=O)[C@H]1C[C@@H](OCC)CN1C.CN1C[C@H](O)C[C@@H]1C(=O)O. The Morgan fingerprint density at radius 2 is 1.67 bits per heavy atom. The summed E-state index contributed by atoms with van der Waals surface area (Å²) in [7, 11) is 3.63. The third kappa shape index (κ3) is 6.01. The molecule has 2 rings (SSSR count). The van der Waals surface area contributed by atoms with Crippen molar-refractivity contribution in [1.29, 1.82) is 0 Å². The molecule has 8 heteroatoms. The molecule has 0 amide bonds. The number of hydrogen-bond donors (Lipinski definition) is 2. The molecule has 2 fully saturated rings. The predicted molar refractivity (Wildman–Crippen MR) is 87.8 cm³/mol. The van der Waals surface area contributed by atoms with Crippen molar-refractivity contribution < 1.29 is 29.3 Å².